The summed E-state index contributed by atoms with van der Waals surface area (Å²) in [6.07, 6.45) is 0.383. The van der Waals surface area contributed by atoms with Gasteiger partial charge in [-0.25, -0.2) is 4.98 Å². The zero-order valence-electron chi connectivity index (χ0n) is 17.0. The van der Waals surface area contributed by atoms with Gasteiger partial charge in [-0.15, -0.1) is 13.2 Å². The predicted octanol–water partition coefficient (Wildman–Crippen LogP) is 3.33. The lowest BCUT2D eigenvalue weighted by Gasteiger charge is -2.36. The number of ether oxygens (including phenoxy) is 1. The minimum absolute atomic E-state index is 0.0947. The summed E-state index contributed by atoms with van der Waals surface area (Å²) in [6, 6.07) is 7.28. The molecule has 0 radical (unpaired) electrons. The first-order valence-electron chi connectivity index (χ1n) is 10.4. The summed E-state index contributed by atoms with van der Waals surface area (Å²) in [5, 5.41) is 0. The van der Waals surface area contributed by atoms with Crippen LogP contribution >= 0.6 is 0 Å². The Kier molecular flexibility index (Phi) is 6.15. The number of anilines is 2. The topological polar surface area (TPSA) is 61.8 Å². The zero-order chi connectivity index (χ0) is 21.8. The van der Waals surface area contributed by atoms with Crippen LogP contribution in [0.25, 0.3) is 0 Å². The molecule has 0 bridgehead atoms. The van der Waals surface area contributed by atoms with Gasteiger partial charge in [-0.2, -0.15) is 4.98 Å². The van der Waals surface area contributed by atoms with E-state index < -0.39 is 18.0 Å². The van der Waals surface area contributed by atoms with E-state index in [0.717, 1.165) is 37.8 Å². The number of piperidine rings is 1. The number of carbonyl (C=O) groups excluding carboxylic acids is 1. The third-order valence-corrected chi connectivity index (χ3v) is 5.50. The quantitative estimate of drug-likeness (QED) is 0.734. The number of nitrogens with zero attached hydrogens (tertiary/aromatic N) is 5. The van der Waals surface area contributed by atoms with Gasteiger partial charge in [0.05, 0.1) is 5.56 Å². The molecule has 0 aliphatic carbocycles. The molecule has 4 rings (SSSR count). The lowest BCUT2D eigenvalue weighted by molar-refractivity contribution is -0.274. The van der Waals surface area contributed by atoms with Gasteiger partial charge < -0.3 is 19.4 Å². The van der Waals surface area contributed by atoms with Crippen LogP contribution in [-0.4, -0.2) is 66.4 Å². The molecule has 0 N–H and O–H groups in total. The van der Waals surface area contributed by atoms with Crippen molar-refractivity contribution in [3.63, 3.8) is 0 Å². The molecule has 1 aromatic carbocycles. The molecule has 31 heavy (non-hydrogen) atoms. The molecule has 2 aromatic rings. The van der Waals surface area contributed by atoms with Crippen molar-refractivity contribution in [2.45, 2.75) is 25.6 Å². The Bertz CT molecular complexity index is 910. The number of piperazine rings is 1. The number of hydrogen-bond acceptors (Lipinski definition) is 6. The highest BCUT2D eigenvalue weighted by Gasteiger charge is 2.34. The second-order valence-corrected chi connectivity index (χ2v) is 7.59. The van der Waals surface area contributed by atoms with E-state index in [2.05, 4.69) is 19.5 Å². The Morgan fingerprint density at radius 2 is 1.61 bits per heavy atom. The Morgan fingerprint density at radius 3 is 2.32 bits per heavy atom. The molecule has 0 spiro atoms. The number of hydrogen-bond donors (Lipinski definition) is 0. The van der Waals surface area contributed by atoms with Crippen LogP contribution in [0.2, 0.25) is 0 Å². The van der Waals surface area contributed by atoms with E-state index in [9.17, 15) is 18.0 Å². The number of aromatic nitrogens is 2. The van der Waals surface area contributed by atoms with Gasteiger partial charge in [0, 0.05) is 45.5 Å². The lowest BCUT2D eigenvalue weighted by Crippen LogP contribution is -2.49. The maximum absolute atomic E-state index is 12.8. The third-order valence-electron chi connectivity index (χ3n) is 5.50. The van der Waals surface area contributed by atoms with Crippen LogP contribution in [0.15, 0.2) is 36.5 Å². The zero-order valence-corrected chi connectivity index (χ0v) is 17.0. The van der Waals surface area contributed by atoms with Crippen molar-refractivity contribution in [1.29, 1.82) is 0 Å². The van der Waals surface area contributed by atoms with E-state index in [4.69, 9.17) is 4.98 Å². The molecule has 2 fully saturated rings. The molecule has 2 saturated heterocycles. The minimum atomic E-state index is -4.85. The number of carbonyl (C=O) groups is 1. The third kappa shape index (κ3) is 5.18. The first kappa shape index (κ1) is 21.2. The number of halogens is 3. The van der Waals surface area contributed by atoms with E-state index >= 15 is 0 Å². The van der Waals surface area contributed by atoms with Crippen molar-refractivity contribution in [3.8, 4) is 5.75 Å². The summed E-state index contributed by atoms with van der Waals surface area (Å²) in [5.41, 5.74) is -0.0947. The van der Waals surface area contributed by atoms with Crippen LogP contribution in [0.1, 0.15) is 29.6 Å². The van der Waals surface area contributed by atoms with Crippen LogP contribution in [0, 0.1) is 0 Å². The van der Waals surface area contributed by atoms with Crippen LogP contribution in [0.3, 0.4) is 0 Å². The van der Waals surface area contributed by atoms with Gasteiger partial charge in [0.1, 0.15) is 11.6 Å². The molecular weight excluding hydrogens is 411 g/mol. The molecular formula is C21H24F3N5O2. The van der Waals surface area contributed by atoms with Crippen molar-refractivity contribution in [1.82, 2.24) is 14.9 Å². The standard InChI is InChI=1S/C21H24F3N5O2/c22-21(23,24)31-17-7-3-2-6-16(17)19(30)28-14-12-27(13-15-28)18-8-9-25-20(26-18)29-10-4-1-5-11-29/h2-3,6-9H,1,4-5,10-15H2. The van der Waals surface area contributed by atoms with Crippen molar-refractivity contribution in [3.05, 3.63) is 42.1 Å². The Hall–Kier alpha value is -3.04. The summed E-state index contributed by atoms with van der Waals surface area (Å²) in [6.45, 7) is 3.72. The van der Waals surface area contributed by atoms with Crippen LogP contribution in [-0.2, 0) is 0 Å². The Labute approximate surface area is 178 Å². The molecule has 10 heteroatoms. The highest BCUT2D eigenvalue weighted by molar-refractivity contribution is 5.97. The summed E-state index contributed by atoms with van der Waals surface area (Å²) in [7, 11) is 0. The fourth-order valence-electron chi connectivity index (χ4n) is 3.93. The van der Waals surface area contributed by atoms with Gasteiger partial charge in [0.15, 0.2) is 0 Å². The van der Waals surface area contributed by atoms with Crippen LogP contribution < -0.4 is 14.5 Å². The number of amides is 1. The highest BCUT2D eigenvalue weighted by Crippen LogP contribution is 2.28. The predicted molar refractivity (Wildman–Crippen MR) is 109 cm³/mol. The van der Waals surface area contributed by atoms with Gasteiger partial charge >= 0.3 is 6.36 Å². The monoisotopic (exact) mass is 435 g/mol. The van der Waals surface area contributed by atoms with E-state index in [0.29, 0.717) is 32.1 Å². The van der Waals surface area contributed by atoms with Gasteiger partial charge in [0.2, 0.25) is 5.95 Å². The van der Waals surface area contributed by atoms with E-state index in [1.54, 1.807) is 11.1 Å². The summed E-state index contributed by atoms with van der Waals surface area (Å²) < 4.78 is 42.0. The number of para-hydroxylation sites is 1. The molecule has 1 amide bonds. The van der Waals surface area contributed by atoms with Crippen molar-refractivity contribution in [2.24, 2.45) is 0 Å². The summed E-state index contributed by atoms with van der Waals surface area (Å²) in [5.74, 6) is 0.554. The Morgan fingerprint density at radius 1 is 0.903 bits per heavy atom. The molecule has 2 aliphatic heterocycles. The van der Waals surface area contributed by atoms with E-state index in [-0.39, 0.29) is 5.56 Å². The van der Waals surface area contributed by atoms with Crippen molar-refractivity contribution in [2.75, 3.05) is 49.1 Å². The molecule has 166 valence electrons. The normalized spacial score (nSPS) is 17.6. The Balaban J connectivity index is 1.41. The van der Waals surface area contributed by atoms with Gasteiger partial charge in [0.25, 0.3) is 5.91 Å². The second kappa shape index (κ2) is 8.99. The number of alkyl halides is 3. The molecule has 0 saturated carbocycles. The van der Waals surface area contributed by atoms with Crippen LogP contribution in [0.5, 0.6) is 5.75 Å². The van der Waals surface area contributed by atoms with Gasteiger partial charge in [-0.3, -0.25) is 4.79 Å². The SMILES string of the molecule is O=C(c1ccccc1OC(F)(F)F)N1CCN(c2ccnc(N3CCCCC3)n2)CC1. The minimum Gasteiger partial charge on any atom is -0.405 e. The van der Waals surface area contributed by atoms with Crippen molar-refractivity contribution >= 4 is 17.7 Å². The summed E-state index contributed by atoms with van der Waals surface area (Å²) in [4.78, 5) is 27.7. The lowest BCUT2D eigenvalue weighted by atomic mass is 10.1. The first-order chi connectivity index (χ1) is 14.9. The molecule has 0 atom stereocenters. The second-order valence-electron chi connectivity index (χ2n) is 7.59. The molecule has 3 heterocycles. The maximum atomic E-state index is 12.8. The fourth-order valence-corrected chi connectivity index (χ4v) is 3.93. The fraction of sp³-hybridized carbons (Fsp3) is 0.476. The van der Waals surface area contributed by atoms with Crippen molar-refractivity contribution < 1.29 is 22.7 Å². The van der Waals surface area contributed by atoms with E-state index in [1.165, 1.54) is 24.6 Å². The largest absolute Gasteiger partial charge is 0.573 e. The average Bonchev–Trinajstić information content (AvgIpc) is 2.79. The molecule has 2 aliphatic rings. The highest BCUT2D eigenvalue weighted by atomic mass is 19.4. The number of benzene rings is 1. The average molecular weight is 435 g/mol. The summed E-state index contributed by atoms with van der Waals surface area (Å²) >= 11 is 0. The smallest absolute Gasteiger partial charge is 0.405 e. The van der Waals surface area contributed by atoms with E-state index in [1.807, 2.05) is 6.07 Å². The van der Waals surface area contributed by atoms with Crippen LogP contribution in [0.4, 0.5) is 24.9 Å². The molecule has 0 unspecified atom stereocenters. The molecule has 1 aromatic heterocycles. The first-order valence-corrected chi connectivity index (χ1v) is 10.4. The maximum Gasteiger partial charge on any atom is 0.573 e. The molecule has 7 nitrogen and oxygen atoms in total. The van der Waals surface area contributed by atoms with Gasteiger partial charge in [-0.05, 0) is 37.5 Å². The van der Waals surface area contributed by atoms with Gasteiger partial charge in [-0.1, -0.05) is 12.1 Å². The number of rotatable bonds is 4.